The van der Waals surface area contributed by atoms with Crippen molar-refractivity contribution in [3.63, 3.8) is 0 Å². The zero-order valence-corrected chi connectivity index (χ0v) is 21.3. The second kappa shape index (κ2) is 9.87. The van der Waals surface area contributed by atoms with Gasteiger partial charge in [0.05, 0.1) is 35.5 Å². The van der Waals surface area contributed by atoms with Gasteiger partial charge in [-0.25, -0.2) is 14.4 Å². The predicted molar refractivity (Wildman–Crippen MR) is 151 cm³/mol. The molecule has 1 N–H and O–H groups in total. The van der Waals surface area contributed by atoms with Crippen LogP contribution in [0.3, 0.4) is 0 Å². The van der Waals surface area contributed by atoms with Gasteiger partial charge >= 0.3 is 0 Å². The normalized spacial score (nSPS) is 14.8. The molecule has 3 aromatic carbocycles. The Morgan fingerprint density at radius 2 is 1.77 bits per heavy atom. The van der Waals surface area contributed by atoms with Crippen molar-refractivity contribution in [1.82, 2.24) is 19.5 Å². The Balaban J connectivity index is 1.36. The number of rotatable bonds is 6. The van der Waals surface area contributed by atoms with E-state index in [-0.39, 0.29) is 11.9 Å². The number of hydrogen-bond donors (Lipinski definition) is 1. The van der Waals surface area contributed by atoms with Gasteiger partial charge in [0.25, 0.3) is 0 Å². The van der Waals surface area contributed by atoms with Crippen LogP contribution < -0.4 is 4.74 Å². The number of aromatic nitrogens is 4. The number of aryl methyl sites for hydroxylation is 1. The Morgan fingerprint density at radius 1 is 0.949 bits per heavy atom. The summed E-state index contributed by atoms with van der Waals surface area (Å²) in [5.41, 5.74) is 8.42. The number of imidazole rings is 1. The van der Waals surface area contributed by atoms with E-state index in [2.05, 4.69) is 38.8 Å². The van der Waals surface area contributed by atoms with Crippen LogP contribution in [-0.2, 0) is 13.0 Å². The molecule has 1 aliphatic carbocycles. The van der Waals surface area contributed by atoms with Crippen molar-refractivity contribution in [3.05, 3.63) is 126 Å². The smallest absolute Gasteiger partial charge is 0.214 e. The highest BCUT2D eigenvalue weighted by molar-refractivity contribution is 5.98. The lowest BCUT2D eigenvalue weighted by Gasteiger charge is -2.28. The summed E-state index contributed by atoms with van der Waals surface area (Å²) in [6, 6.07) is 27.5. The Labute approximate surface area is 226 Å². The lowest BCUT2D eigenvalue weighted by atomic mass is 9.87. The molecule has 6 aromatic rings. The van der Waals surface area contributed by atoms with Crippen LogP contribution in [0.15, 0.2) is 104 Å². The maximum Gasteiger partial charge on any atom is 0.214 e. The number of nitrogens with one attached hydrogen (secondary N) is 1. The first-order valence-electron chi connectivity index (χ1n) is 13.3. The first-order chi connectivity index (χ1) is 19.2. The fourth-order valence-electron chi connectivity index (χ4n) is 5.71. The highest BCUT2D eigenvalue weighted by atomic mass is 19.1. The van der Waals surface area contributed by atoms with Gasteiger partial charge in [0.15, 0.2) is 0 Å². The summed E-state index contributed by atoms with van der Waals surface area (Å²) in [5, 5.41) is 1.00. The van der Waals surface area contributed by atoms with E-state index in [9.17, 15) is 4.39 Å². The number of halogens is 1. The summed E-state index contributed by atoms with van der Waals surface area (Å²) in [6.45, 7) is 0.441. The Kier molecular flexibility index (Phi) is 5.93. The van der Waals surface area contributed by atoms with E-state index in [1.54, 1.807) is 12.1 Å². The van der Waals surface area contributed by atoms with E-state index in [1.165, 1.54) is 23.3 Å². The maximum absolute atomic E-state index is 13.8. The predicted octanol–water partition coefficient (Wildman–Crippen LogP) is 7.74. The molecule has 6 heteroatoms. The Bertz CT molecular complexity index is 1750. The molecule has 1 atom stereocenters. The van der Waals surface area contributed by atoms with Crippen molar-refractivity contribution in [3.8, 4) is 28.4 Å². The highest BCUT2D eigenvalue weighted by Crippen LogP contribution is 2.42. The molecule has 0 saturated heterocycles. The molecule has 0 amide bonds. The van der Waals surface area contributed by atoms with E-state index < -0.39 is 0 Å². The van der Waals surface area contributed by atoms with Crippen LogP contribution in [0.5, 0.6) is 5.88 Å². The third-order valence-electron chi connectivity index (χ3n) is 7.61. The Hall–Kier alpha value is -4.71. The molecule has 0 bridgehead atoms. The van der Waals surface area contributed by atoms with Crippen molar-refractivity contribution < 1.29 is 9.13 Å². The average Bonchev–Trinajstić information content (AvgIpc) is 3.60. The van der Waals surface area contributed by atoms with Crippen molar-refractivity contribution in [2.45, 2.75) is 31.9 Å². The number of fused-ring (bicyclic) bond motifs is 2. The number of ether oxygens (including phenoxy) is 1. The molecule has 0 aliphatic heterocycles. The van der Waals surface area contributed by atoms with E-state index in [1.807, 2.05) is 55.1 Å². The summed E-state index contributed by atoms with van der Waals surface area (Å²) in [4.78, 5) is 12.8. The summed E-state index contributed by atoms with van der Waals surface area (Å²) >= 11 is 0. The van der Waals surface area contributed by atoms with Crippen LogP contribution in [0, 0.1) is 5.82 Å². The SMILES string of the molecule is Fc1ccc(-c2ncn(C3CCCc4ccccc43)c2-c2c[nH]c3cnc(OCc4ccccc4)cc23)cc1. The fraction of sp³-hybridized carbons (Fsp3) is 0.152. The van der Waals surface area contributed by atoms with Crippen LogP contribution >= 0.6 is 0 Å². The van der Waals surface area contributed by atoms with Gasteiger partial charge < -0.3 is 14.3 Å². The summed E-state index contributed by atoms with van der Waals surface area (Å²) in [7, 11) is 0. The van der Waals surface area contributed by atoms with Gasteiger partial charge in [-0.3, -0.25) is 0 Å². The molecule has 3 aromatic heterocycles. The van der Waals surface area contributed by atoms with Gasteiger partial charge in [0, 0.05) is 28.8 Å². The molecule has 192 valence electrons. The van der Waals surface area contributed by atoms with Crippen LogP contribution in [0.25, 0.3) is 33.4 Å². The lowest BCUT2D eigenvalue weighted by molar-refractivity contribution is 0.294. The van der Waals surface area contributed by atoms with Crippen LogP contribution in [0.1, 0.15) is 35.6 Å². The molecule has 7 rings (SSSR count). The molecule has 1 aliphatic rings. The second-order valence-electron chi connectivity index (χ2n) is 10.0. The second-order valence-corrected chi connectivity index (χ2v) is 10.0. The fourth-order valence-corrected chi connectivity index (χ4v) is 5.71. The minimum Gasteiger partial charge on any atom is -0.473 e. The number of benzene rings is 3. The molecule has 0 spiro atoms. The van der Waals surface area contributed by atoms with Gasteiger partial charge in [0.1, 0.15) is 12.4 Å². The van der Waals surface area contributed by atoms with E-state index >= 15 is 0 Å². The zero-order chi connectivity index (χ0) is 26.2. The van der Waals surface area contributed by atoms with Crippen LogP contribution in [-0.4, -0.2) is 19.5 Å². The van der Waals surface area contributed by atoms with E-state index in [0.717, 1.165) is 58.2 Å². The number of nitrogens with zero attached hydrogens (tertiary/aromatic N) is 3. The highest BCUT2D eigenvalue weighted by Gasteiger charge is 2.27. The van der Waals surface area contributed by atoms with Crippen LogP contribution in [0.4, 0.5) is 4.39 Å². The minimum absolute atomic E-state index is 0.159. The van der Waals surface area contributed by atoms with Gasteiger partial charge in [-0.15, -0.1) is 0 Å². The third-order valence-corrected chi connectivity index (χ3v) is 7.61. The van der Waals surface area contributed by atoms with Crippen molar-refractivity contribution >= 4 is 10.9 Å². The molecule has 0 radical (unpaired) electrons. The van der Waals surface area contributed by atoms with Crippen LogP contribution in [0.2, 0.25) is 0 Å². The van der Waals surface area contributed by atoms with Gasteiger partial charge in [-0.1, -0.05) is 54.6 Å². The zero-order valence-electron chi connectivity index (χ0n) is 21.3. The number of H-pyrrole nitrogens is 1. The Morgan fingerprint density at radius 3 is 2.64 bits per heavy atom. The topological polar surface area (TPSA) is 55.7 Å². The van der Waals surface area contributed by atoms with Gasteiger partial charge in [-0.2, -0.15) is 0 Å². The van der Waals surface area contributed by atoms with Crippen molar-refractivity contribution in [2.75, 3.05) is 0 Å². The number of hydrogen-bond acceptors (Lipinski definition) is 3. The summed E-state index contributed by atoms with van der Waals surface area (Å²) in [5.74, 6) is 0.295. The first-order valence-corrected chi connectivity index (χ1v) is 13.3. The van der Waals surface area contributed by atoms with Crippen molar-refractivity contribution in [1.29, 1.82) is 0 Å². The monoisotopic (exact) mass is 514 g/mol. The molecular formula is C33H27FN4O. The van der Waals surface area contributed by atoms with Crippen molar-refractivity contribution in [2.24, 2.45) is 0 Å². The standard InChI is InChI=1S/C33H27FN4O/c34-25-15-13-24(14-16-25)32-33(38(21-37-32)30-12-6-10-23-9-4-5-11-26(23)30)28-18-35-29-19-36-31(17-27(28)29)39-20-22-7-2-1-3-8-22/h1-5,7-9,11,13-19,21,30,35H,6,10,12,20H2. The summed E-state index contributed by atoms with van der Waals surface area (Å²) < 4.78 is 22.2. The number of pyridine rings is 1. The van der Waals surface area contributed by atoms with E-state index in [4.69, 9.17) is 9.72 Å². The maximum atomic E-state index is 13.8. The van der Waals surface area contributed by atoms with Gasteiger partial charge in [0.2, 0.25) is 5.88 Å². The average molecular weight is 515 g/mol. The molecular weight excluding hydrogens is 487 g/mol. The van der Waals surface area contributed by atoms with E-state index in [0.29, 0.717) is 12.5 Å². The minimum atomic E-state index is -0.265. The molecule has 3 heterocycles. The number of aromatic amines is 1. The molecule has 39 heavy (non-hydrogen) atoms. The summed E-state index contributed by atoms with van der Waals surface area (Å²) in [6.07, 6.45) is 8.99. The lowest BCUT2D eigenvalue weighted by Crippen LogP contribution is -2.17. The molecule has 0 saturated carbocycles. The molecule has 1 unspecified atom stereocenters. The largest absolute Gasteiger partial charge is 0.473 e. The third kappa shape index (κ3) is 4.38. The molecule has 5 nitrogen and oxygen atoms in total. The first kappa shape index (κ1) is 23.4. The quantitative estimate of drug-likeness (QED) is 0.247. The molecule has 0 fully saturated rings. The van der Waals surface area contributed by atoms with Gasteiger partial charge in [-0.05, 0) is 60.2 Å².